The molecule has 150 valence electrons. The van der Waals surface area contributed by atoms with Crippen LogP contribution in [0.25, 0.3) is 0 Å². The van der Waals surface area contributed by atoms with Crippen LogP contribution < -0.4 is 14.8 Å². The maximum atomic E-state index is 13.1. The molecule has 2 aliphatic heterocycles. The Morgan fingerprint density at radius 3 is 2.21 bits per heavy atom. The fourth-order valence-electron chi connectivity index (χ4n) is 3.64. The maximum absolute atomic E-state index is 13.1. The molecular formula is C22H22N2O5. The summed E-state index contributed by atoms with van der Waals surface area (Å²) in [6.07, 6.45) is 0.783. The minimum atomic E-state index is -0.932. The van der Waals surface area contributed by atoms with E-state index < -0.39 is 23.8 Å². The zero-order valence-corrected chi connectivity index (χ0v) is 16.3. The molecule has 1 unspecified atom stereocenters. The third kappa shape index (κ3) is 3.44. The molecule has 3 amide bonds. The van der Waals surface area contributed by atoms with Crippen molar-refractivity contribution in [2.75, 3.05) is 18.5 Å². The molecule has 2 aliphatic rings. The summed E-state index contributed by atoms with van der Waals surface area (Å²) in [5.74, 6) is -0.402. The number of anilines is 1. The fourth-order valence-corrected chi connectivity index (χ4v) is 3.64. The molecule has 2 aromatic carbocycles. The lowest BCUT2D eigenvalue weighted by atomic mass is 10.0. The van der Waals surface area contributed by atoms with E-state index in [1.807, 2.05) is 13.8 Å². The molecule has 0 fully saturated rings. The molecule has 0 aromatic heterocycles. The van der Waals surface area contributed by atoms with Crippen LogP contribution in [0, 0.1) is 5.92 Å². The van der Waals surface area contributed by atoms with Crippen molar-refractivity contribution in [2.45, 2.75) is 26.3 Å². The third-order valence-corrected chi connectivity index (χ3v) is 5.02. The molecule has 1 N–H and O–H groups in total. The summed E-state index contributed by atoms with van der Waals surface area (Å²) >= 11 is 0. The minimum absolute atomic E-state index is 0.266. The Morgan fingerprint density at radius 2 is 1.59 bits per heavy atom. The second kappa shape index (κ2) is 7.58. The van der Waals surface area contributed by atoms with Crippen LogP contribution in [0.1, 0.15) is 41.0 Å². The predicted octanol–water partition coefficient (Wildman–Crippen LogP) is 3.11. The van der Waals surface area contributed by atoms with E-state index >= 15 is 0 Å². The molecule has 1 atom stereocenters. The average molecular weight is 394 g/mol. The second-order valence-electron chi connectivity index (χ2n) is 7.42. The number of nitrogens with one attached hydrogen (secondary N) is 1. The Bertz CT molecular complexity index is 950. The molecule has 2 aromatic rings. The number of hydrogen-bond donors (Lipinski definition) is 1. The van der Waals surface area contributed by atoms with Crippen molar-refractivity contribution in [1.82, 2.24) is 4.90 Å². The first-order valence-corrected chi connectivity index (χ1v) is 9.65. The normalized spacial score (nSPS) is 16.4. The Kier molecular flexibility index (Phi) is 4.96. The van der Waals surface area contributed by atoms with Crippen molar-refractivity contribution in [3.63, 3.8) is 0 Å². The van der Waals surface area contributed by atoms with E-state index in [9.17, 15) is 14.4 Å². The lowest BCUT2D eigenvalue weighted by Crippen LogP contribution is -2.50. The van der Waals surface area contributed by atoms with Gasteiger partial charge in [-0.25, -0.2) is 0 Å². The highest BCUT2D eigenvalue weighted by Gasteiger charge is 2.43. The molecule has 29 heavy (non-hydrogen) atoms. The van der Waals surface area contributed by atoms with Crippen LogP contribution in [0.15, 0.2) is 42.5 Å². The van der Waals surface area contributed by atoms with Gasteiger partial charge in [0.15, 0.2) is 11.5 Å². The summed E-state index contributed by atoms with van der Waals surface area (Å²) in [5, 5.41) is 2.82. The van der Waals surface area contributed by atoms with Crippen molar-refractivity contribution in [3.05, 3.63) is 53.6 Å². The number of carbonyl (C=O) groups excluding carboxylic acids is 3. The van der Waals surface area contributed by atoms with Crippen LogP contribution in [-0.2, 0) is 4.79 Å². The zero-order chi connectivity index (χ0) is 20.5. The van der Waals surface area contributed by atoms with Crippen molar-refractivity contribution in [1.29, 1.82) is 0 Å². The Morgan fingerprint density at radius 1 is 0.966 bits per heavy atom. The maximum Gasteiger partial charge on any atom is 0.262 e. The number of nitrogens with zero attached hydrogens (tertiary/aromatic N) is 1. The second-order valence-corrected chi connectivity index (χ2v) is 7.42. The van der Waals surface area contributed by atoms with Crippen molar-refractivity contribution in [2.24, 2.45) is 5.92 Å². The minimum Gasteiger partial charge on any atom is -0.490 e. The molecular weight excluding hydrogens is 372 g/mol. The van der Waals surface area contributed by atoms with Crippen LogP contribution in [0.5, 0.6) is 11.5 Å². The lowest BCUT2D eigenvalue weighted by Gasteiger charge is -2.28. The first-order valence-electron chi connectivity index (χ1n) is 9.65. The highest BCUT2D eigenvalue weighted by atomic mass is 16.5. The summed E-state index contributed by atoms with van der Waals surface area (Å²) in [5.41, 5.74) is 1.17. The van der Waals surface area contributed by atoms with E-state index in [1.54, 1.807) is 42.5 Å². The highest BCUT2D eigenvalue weighted by Crippen LogP contribution is 2.33. The molecule has 0 aliphatic carbocycles. The van der Waals surface area contributed by atoms with E-state index in [-0.39, 0.29) is 5.92 Å². The van der Waals surface area contributed by atoms with Gasteiger partial charge < -0.3 is 14.8 Å². The van der Waals surface area contributed by atoms with Gasteiger partial charge in [0.05, 0.1) is 24.3 Å². The topological polar surface area (TPSA) is 84.9 Å². The number of rotatable bonds is 4. The zero-order valence-electron chi connectivity index (χ0n) is 16.3. The molecule has 2 heterocycles. The molecule has 0 radical (unpaired) electrons. The third-order valence-electron chi connectivity index (χ3n) is 5.02. The lowest BCUT2D eigenvalue weighted by molar-refractivity contribution is -0.121. The predicted molar refractivity (Wildman–Crippen MR) is 106 cm³/mol. The van der Waals surface area contributed by atoms with Gasteiger partial charge in [0, 0.05) is 18.2 Å². The number of amides is 3. The monoisotopic (exact) mass is 394 g/mol. The SMILES string of the molecule is CC(C)C(C(=O)Nc1ccc2c(c1)OCCCO2)N1C(=O)c2ccccc2C1=O. The van der Waals surface area contributed by atoms with Crippen molar-refractivity contribution in [3.8, 4) is 11.5 Å². The Labute approximate surface area is 168 Å². The van der Waals surface area contributed by atoms with E-state index in [2.05, 4.69) is 5.32 Å². The van der Waals surface area contributed by atoms with Gasteiger partial charge in [0.25, 0.3) is 11.8 Å². The quantitative estimate of drug-likeness (QED) is 0.806. The molecule has 0 bridgehead atoms. The van der Waals surface area contributed by atoms with Crippen LogP contribution in [0.3, 0.4) is 0 Å². The summed E-state index contributed by atoms with van der Waals surface area (Å²) < 4.78 is 11.3. The van der Waals surface area contributed by atoms with Crippen molar-refractivity contribution >= 4 is 23.4 Å². The highest BCUT2D eigenvalue weighted by molar-refractivity contribution is 6.23. The standard InChI is InChI=1S/C22H22N2O5/c1-13(2)19(24-21(26)15-6-3-4-7-16(15)22(24)27)20(25)23-14-8-9-17-18(12-14)29-11-5-10-28-17/h3-4,6-9,12-13,19H,5,10-11H2,1-2H3,(H,23,25). The molecule has 7 nitrogen and oxygen atoms in total. The number of benzene rings is 2. The van der Waals surface area contributed by atoms with Gasteiger partial charge in [-0.05, 0) is 30.2 Å². The average Bonchev–Trinajstić information content (AvgIpc) is 2.86. The molecule has 4 rings (SSSR count). The van der Waals surface area contributed by atoms with Gasteiger partial charge in [0.1, 0.15) is 6.04 Å². The van der Waals surface area contributed by atoms with E-state index in [0.29, 0.717) is 41.5 Å². The summed E-state index contributed by atoms with van der Waals surface area (Å²) in [7, 11) is 0. The van der Waals surface area contributed by atoms with Crippen molar-refractivity contribution < 1.29 is 23.9 Å². The van der Waals surface area contributed by atoms with Gasteiger partial charge in [-0.2, -0.15) is 0 Å². The van der Waals surface area contributed by atoms with E-state index in [4.69, 9.17) is 9.47 Å². The summed E-state index contributed by atoms with van der Waals surface area (Å²) in [6, 6.07) is 10.8. The summed E-state index contributed by atoms with van der Waals surface area (Å²) in [6.45, 7) is 4.73. The summed E-state index contributed by atoms with van der Waals surface area (Å²) in [4.78, 5) is 39.8. The van der Waals surface area contributed by atoms with Crippen LogP contribution in [-0.4, -0.2) is 41.9 Å². The Hall–Kier alpha value is -3.35. The molecule has 7 heteroatoms. The Balaban J connectivity index is 1.59. The largest absolute Gasteiger partial charge is 0.490 e. The first kappa shape index (κ1) is 19.0. The number of ether oxygens (including phenoxy) is 2. The molecule has 0 saturated carbocycles. The number of imide groups is 1. The first-order chi connectivity index (χ1) is 14.0. The van der Waals surface area contributed by atoms with Gasteiger partial charge >= 0.3 is 0 Å². The van der Waals surface area contributed by atoms with Crippen LogP contribution in [0.2, 0.25) is 0 Å². The molecule has 0 spiro atoms. The van der Waals surface area contributed by atoms with Gasteiger partial charge in [-0.3, -0.25) is 19.3 Å². The number of carbonyl (C=O) groups is 3. The smallest absolute Gasteiger partial charge is 0.262 e. The van der Waals surface area contributed by atoms with Gasteiger partial charge in [0.2, 0.25) is 5.91 Å². The van der Waals surface area contributed by atoms with Crippen LogP contribution >= 0.6 is 0 Å². The number of fused-ring (bicyclic) bond motifs is 2. The van der Waals surface area contributed by atoms with Crippen LogP contribution in [0.4, 0.5) is 5.69 Å². The van der Waals surface area contributed by atoms with E-state index in [0.717, 1.165) is 11.3 Å². The van der Waals surface area contributed by atoms with E-state index in [1.165, 1.54) is 0 Å². The molecule has 0 saturated heterocycles. The van der Waals surface area contributed by atoms with Gasteiger partial charge in [-0.1, -0.05) is 26.0 Å². The van der Waals surface area contributed by atoms with Gasteiger partial charge in [-0.15, -0.1) is 0 Å². The number of hydrogen-bond acceptors (Lipinski definition) is 5. The fraction of sp³-hybridized carbons (Fsp3) is 0.318.